The number of fused-ring (bicyclic) bond motifs is 1. The zero-order chi connectivity index (χ0) is 20.1. The first-order valence-corrected chi connectivity index (χ1v) is 11.2. The number of nitrogens with zero attached hydrogens (tertiary/aromatic N) is 3. The number of hydrogen-bond donors (Lipinski definition) is 1. The average molecular weight is 409 g/mol. The maximum atomic E-state index is 12.6. The van der Waals surface area contributed by atoms with E-state index in [1.54, 1.807) is 11.3 Å². The lowest BCUT2D eigenvalue weighted by atomic mass is 10.00. The third-order valence-corrected chi connectivity index (χ3v) is 6.67. The van der Waals surface area contributed by atoms with E-state index >= 15 is 0 Å². The summed E-state index contributed by atoms with van der Waals surface area (Å²) in [5.74, 6) is 1.09. The molecule has 29 heavy (non-hydrogen) atoms. The Balaban J connectivity index is 1.25. The minimum absolute atomic E-state index is 0.217. The lowest BCUT2D eigenvalue weighted by Crippen LogP contribution is -2.45. The second-order valence-corrected chi connectivity index (χ2v) is 8.45. The zero-order valence-corrected chi connectivity index (χ0v) is 17.8. The summed E-state index contributed by atoms with van der Waals surface area (Å²) in [6.45, 7) is 3.97. The smallest absolute Gasteiger partial charge is 0.224 e. The van der Waals surface area contributed by atoms with Gasteiger partial charge in [-0.2, -0.15) is 0 Å². The molecule has 1 aromatic carbocycles. The van der Waals surface area contributed by atoms with Gasteiger partial charge in [0.15, 0.2) is 5.96 Å². The van der Waals surface area contributed by atoms with E-state index in [-0.39, 0.29) is 5.91 Å². The number of rotatable bonds is 4. The van der Waals surface area contributed by atoms with Gasteiger partial charge >= 0.3 is 0 Å². The van der Waals surface area contributed by atoms with Crippen molar-refractivity contribution in [2.24, 2.45) is 4.99 Å². The van der Waals surface area contributed by atoms with E-state index in [9.17, 15) is 4.79 Å². The number of nitrogens with one attached hydrogen (secondary N) is 1. The molecule has 0 unspecified atom stereocenters. The van der Waals surface area contributed by atoms with Crippen LogP contribution < -0.4 is 5.32 Å². The normalized spacial score (nSPS) is 17.0. The molecule has 1 aromatic heterocycles. The molecule has 0 fully saturated rings. The monoisotopic (exact) mass is 408 g/mol. The van der Waals surface area contributed by atoms with Crippen LogP contribution in [-0.4, -0.2) is 54.9 Å². The predicted octanol–water partition coefficient (Wildman–Crippen LogP) is 3.39. The molecule has 2 aliphatic heterocycles. The van der Waals surface area contributed by atoms with E-state index in [1.807, 2.05) is 11.9 Å². The molecule has 4 rings (SSSR count). The molecule has 1 N–H and O–H groups in total. The van der Waals surface area contributed by atoms with Crippen LogP contribution in [-0.2, 0) is 17.8 Å². The highest BCUT2D eigenvalue weighted by molar-refractivity contribution is 7.10. The van der Waals surface area contributed by atoms with Crippen molar-refractivity contribution in [3.05, 3.63) is 63.9 Å². The summed E-state index contributed by atoms with van der Waals surface area (Å²) in [5.41, 5.74) is 4.01. The molecular weight excluding hydrogens is 380 g/mol. The first-order chi connectivity index (χ1) is 14.2. The van der Waals surface area contributed by atoms with Crippen LogP contribution in [0, 0.1) is 0 Å². The maximum absolute atomic E-state index is 12.6. The van der Waals surface area contributed by atoms with Crippen molar-refractivity contribution in [1.82, 2.24) is 15.1 Å². The minimum Gasteiger partial charge on any atom is -0.356 e. The molecule has 3 heterocycles. The zero-order valence-electron chi connectivity index (χ0n) is 16.9. The van der Waals surface area contributed by atoms with E-state index in [1.165, 1.54) is 21.6 Å². The lowest BCUT2D eigenvalue weighted by Gasteiger charge is -2.30. The molecular formula is C23H28N4OS. The largest absolute Gasteiger partial charge is 0.356 e. The molecule has 0 atom stereocenters. The summed E-state index contributed by atoms with van der Waals surface area (Å²) in [6, 6.07) is 12.7. The Kier molecular flexibility index (Phi) is 6.30. The van der Waals surface area contributed by atoms with E-state index < -0.39 is 0 Å². The van der Waals surface area contributed by atoms with Gasteiger partial charge in [0.1, 0.15) is 0 Å². The number of benzene rings is 1. The van der Waals surface area contributed by atoms with Crippen LogP contribution >= 0.6 is 11.3 Å². The van der Waals surface area contributed by atoms with Crippen LogP contribution in [0.4, 0.5) is 0 Å². The van der Waals surface area contributed by atoms with Gasteiger partial charge in [0, 0.05) is 51.1 Å². The summed E-state index contributed by atoms with van der Waals surface area (Å²) < 4.78 is 0. The van der Waals surface area contributed by atoms with Crippen LogP contribution in [0.15, 0.2) is 52.8 Å². The number of thiophene rings is 1. The number of guanidine groups is 1. The van der Waals surface area contributed by atoms with Gasteiger partial charge in [0.2, 0.25) is 5.91 Å². The summed E-state index contributed by atoms with van der Waals surface area (Å²) in [4.78, 5) is 22.7. The Hall–Kier alpha value is -2.60. The van der Waals surface area contributed by atoms with Crippen LogP contribution in [0.5, 0.6) is 0 Å². The highest BCUT2D eigenvalue weighted by Gasteiger charge is 2.21. The van der Waals surface area contributed by atoms with Crippen molar-refractivity contribution >= 4 is 28.8 Å². The Labute approximate surface area is 176 Å². The number of carbonyl (C=O) groups excluding carboxylic acids is 1. The van der Waals surface area contributed by atoms with Crippen LogP contribution in [0.2, 0.25) is 0 Å². The molecule has 2 aromatic rings. The first kappa shape index (κ1) is 19.7. The standard InChI is InChI=1S/C23H28N4OS/c1-24-23(26-13-8-19(9-14-26)18-5-3-2-4-6-18)25-12-7-22(28)27-15-10-21-20(17-27)11-16-29-21/h2-6,8,11,16H,7,9-10,12-15,17H2,1H3,(H,24,25). The van der Waals surface area contributed by atoms with Crippen molar-refractivity contribution in [3.8, 4) is 0 Å². The van der Waals surface area contributed by atoms with Crippen LogP contribution in [0.1, 0.15) is 28.8 Å². The van der Waals surface area contributed by atoms with Gasteiger partial charge in [0.05, 0.1) is 0 Å². The third kappa shape index (κ3) is 4.70. The second kappa shape index (κ2) is 9.27. The van der Waals surface area contributed by atoms with Crippen molar-refractivity contribution in [2.75, 3.05) is 33.2 Å². The van der Waals surface area contributed by atoms with Crippen molar-refractivity contribution in [3.63, 3.8) is 0 Å². The third-order valence-electron chi connectivity index (χ3n) is 5.65. The van der Waals surface area contributed by atoms with Gasteiger partial charge < -0.3 is 15.1 Å². The number of amides is 1. The van der Waals surface area contributed by atoms with Crippen molar-refractivity contribution in [1.29, 1.82) is 0 Å². The van der Waals surface area contributed by atoms with Gasteiger partial charge in [-0.15, -0.1) is 11.3 Å². The fourth-order valence-electron chi connectivity index (χ4n) is 4.01. The van der Waals surface area contributed by atoms with E-state index in [0.717, 1.165) is 45.0 Å². The Morgan fingerprint density at radius 2 is 1.97 bits per heavy atom. The Bertz CT molecular complexity index is 903. The molecule has 2 aliphatic rings. The Morgan fingerprint density at radius 3 is 2.72 bits per heavy atom. The molecule has 0 saturated heterocycles. The minimum atomic E-state index is 0.217. The molecule has 0 bridgehead atoms. The maximum Gasteiger partial charge on any atom is 0.224 e. The van der Waals surface area contributed by atoms with Crippen LogP contribution in [0.3, 0.4) is 0 Å². The average Bonchev–Trinajstić information content (AvgIpc) is 3.25. The molecule has 0 saturated carbocycles. The van der Waals surface area contributed by atoms with Gasteiger partial charge in [-0.25, -0.2) is 0 Å². The highest BCUT2D eigenvalue weighted by atomic mass is 32.1. The number of carbonyl (C=O) groups is 1. The van der Waals surface area contributed by atoms with Crippen molar-refractivity contribution in [2.45, 2.75) is 25.8 Å². The predicted molar refractivity (Wildman–Crippen MR) is 120 cm³/mol. The van der Waals surface area contributed by atoms with Crippen LogP contribution in [0.25, 0.3) is 5.57 Å². The topological polar surface area (TPSA) is 47.9 Å². The fourth-order valence-corrected chi connectivity index (χ4v) is 4.90. The van der Waals surface area contributed by atoms with E-state index in [2.05, 4.69) is 63.1 Å². The summed E-state index contributed by atoms with van der Waals surface area (Å²) in [5, 5.41) is 5.50. The molecule has 0 aliphatic carbocycles. The fraction of sp³-hybridized carbons (Fsp3) is 0.391. The van der Waals surface area contributed by atoms with Crippen molar-refractivity contribution < 1.29 is 4.79 Å². The summed E-state index contributed by atoms with van der Waals surface area (Å²) in [6.07, 6.45) is 4.76. The Morgan fingerprint density at radius 1 is 1.14 bits per heavy atom. The highest BCUT2D eigenvalue weighted by Crippen LogP contribution is 2.24. The molecule has 0 radical (unpaired) electrons. The van der Waals surface area contributed by atoms with E-state index in [0.29, 0.717) is 13.0 Å². The molecule has 152 valence electrons. The lowest BCUT2D eigenvalue weighted by molar-refractivity contribution is -0.131. The second-order valence-electron chi connectivity index (χ2n) is 7.45. The molecule has 1 amide bonds. The van der Waals surface area contributed by atoms with Gasteiger partial charge in [-0.05, 0) is 41.0 Å². The molecule has 6 heteroatoms. The molecule has 5 nitrogen and oxygen atoms in total. The summed E-state index contributed by atoms with van der Waals surface area (Å²) >= 11 is 1.80. The quantitative estimate of drug-likeness (QED) is 0.623. The SMILES string of the molecule is CN=C(NCCC(=O)N1CCc2sccc2C1)N1CC=C(c2ccccc2)CC1. The first-order valence-electron chi connectivity index (χ1n) is 10.3. The van der Waals surface area contributed by atoms with Gasteiger partial charge in [-0.3, -0.25) is 9.79 Å². The van der Waals surface area contributed by atoms with Gasteiger partial charge in [-0.1, -0.05) is 36.4 Å². The van der Waals surface area contributed by atoms with E-state index in [4.69, 9.17) is 0 Å². The summed E-state index contributed by atoms with van der Waals surface area (Å²) in [7, 11) is 1.81. The molecule has 0 spiro atoms. The number of aliphatic imine (C=N–C) groups is 1. The number of hydrogen-bond acceptors (Lipinski definition) is 3. The van der Waals surface area contributed by atoms with Gasteiger partial charge in [0.25, 0.3) is 0 Å².